The van der Waals surface area contributed by atoms with Gasteiger partial charge in [-0.2, -0.15) is 0 Å². The van der Waals surface area contributed by atoms with Gasteiger partial charge in [0, 0.05) is 22.3 Å². The van der Waals surface area contributed by atoms with Gasteiger partial charge in [-0.15, -0.1) is 0 Å². The van der Waals surface area contributed by atoms with Gasteiger partial charge >= 0.3 is 0 Å². The van der Waals surface area contributed by atoms with E-state index in [1.165, 1.54) is 6.07 Å². The number of benzene rings is 1. The zero-order chi connectivity index (χ0) is 13.0. The predicted octanol–water partition coefficient (Wildman–Crippen LogP) is 1.98. The van der Waals surface area contributed by atoms with E-state index in [9.17, 15) is 4.79 Å². The SMILES string of the molecule is NCCCc1cc(=O)[nH]c(-c2ccc(Cl)cc2)n1. The Morgan fingerprint density at radius 1 is 1.28 bits per heavy atom. The molecule has 18 heavy (non-hydrogen) atoms. The van der Waals surface area contributed by atoms with Crippen LogP contribution in [0.3, 0.4) is 0 Å². The number of H-pyrrole nitrogens is 1. The highest BCUT2D eigenvalue weighted by atomic mass is 35.5. The van der Waals surface area contributed by atoms with Crippen LogP contribution in [0, 0.1) is 0 Å². The molecule has 0 aliphatic rings. The van der Waals surface area contributed by atoms with Crippen molar-refractivity contribution >= 4 is 11.6 Å². The number of nitrogens with two attached hydrogens (primary N) is 1. The van der Waals surface area contributed by atoms with E-state index in [1.807, 2.05) is 12.1 Å². The maximum absolute atomic E-state index is 11.6. The molecule has 3 N–H and O–H groups in total. The van der Waals surface area contributed by atoms with Crippen LogP contribution in [0.4, 0.5) is 0 Å². The van der Waals surface area contributed by atoms with Crippen LogP contribution in [0.1, 0.15) is 12.1 Å². The van der Waals surface area contributed by atoms with Crippen LogP contribution in [-0.2, 0) is 6.42 Å². The Balaban J connectivity index is 2.35. The van der Waals surface area contributed by atoms with Crippen molar-refractivity contribution in [2.24, 2.45) is 5.73 Å². The van der Waals surface area contributed by atoms with Gasteiger partial charge in [0.15, 0.2) is 0 Å². The molecule has 0 atom stereocenters. The molecule has 1 heterocycles. The van der Waals surface area contributed by atoms with Gasteiger partial charge in [-0.3, -0.25) is 4.79 Å². The first-order chi connectivity index (χ1) is 8.69. The molecule has 1 aromatic heterocycles. The lowest BCUT2D eigenvalue weighted by Crippen LogP contribution is -2.11. The van der Waals surface area contributed by atoms with Crippen molar-refractivity contribution in [1.29, 1.82) is 0 Å². The summed E-state index contributed by atoms with van der Waals surface area (Å²) in [6.07, 6.45) is 1.53. The molecule has 0 aliphatic carbocycles. The highest BCUT2D eigenvalue weighted by Crippen LogP contribution is 2.17. The molecule has 0 amide bonds. The topological polar surface area (TPSA) is 71.8 Å². The Morgan fingerprint density at radius 3 is 2.67 bits per heavy atom. The third-order valence-electron chi connectivity index (χ3n) is 2.55. The Morgan fingerprint density at radius 2 is 2.00 bits per heavy atom. The second kappa shape index (κ2) is 5.80. The van der Waals surface area contributed by atoms with Gasteiger partial charge in [-0.25, -0.2) is 4.98 Å². The minimum atomic E-state index is -0.151. The van der Waals surface area contributed by atoms with Crippen LogP contribution >= 0.6 is 11.6 Å². The van der Waals surface area contributed by atoms with Gasteiger partial charge in [-0.05, 0) is 43.7 Å². The predicted molar refractivity (Wildman–Crippen MR) is 72.7 cm³/mol. The first-order valence-electron chi connectivity index (χ1n) is 5.75. The second-order valence-electron chi connectivity index (χ2n) is 3.98. The summed E-state index contributed by atoms with van der Waals surface area (Å²) >= 11 is 5.82. The highest BCUT2D eigenvalue weighted by molar-refractivity contribution is 6.30. The molecule has 1 aromatic carbocycles. The summed E-state index contributed by atoms with van der Waals surface area (Å²) in [5, 5.41) is 0.653. The number of halogens is 1. The minimum absolute atomic E-state index is 0.151. The lowest BCUT2D eigenvalue weighted by molar-refractivity contribution is 0.804. The Bertz CT molecular complexity index is 578. The van der Waals surface area contributed by atoms with Gasteiger partial charge in [-0.1, -0.05) is 11.6 Å². The Labute approximate surface area is 110 Å². The van der Waals surface area contributed by atoms with Crippen LogP contribution in [0.5, 0.6) is 0 Å². The molecule has 0 aliphatic heterocycles. The lowest BCUT2D eigenvalue weighted by Gasteiger charge is -2.04. The average molecular weight is 264 g/mol. The van der Waals surface area contributed by atoms with Gasteiger partial charge in [0.05, 0.1) is 0 Å². The summed E-state index contributed by atoms with van der Waals surface area (Å²) in [4.78, 5) is 18.7. The molecule has 2 aromatic rings. The van der Waals surface area contributed by atoms with E-state index in [2.05, 4.69) is 9.97 Å². The van der Waals surface area contributed by atoms with Crippen molar-refractivity contribution in [2.75, 3.05) is 6.54 Å². The van der Waals surface area contributed by atoms with E-state index in [0.717, 1.165) is 17.7 Å². The normalized spacial score (nSPS) is 10.6. The van der Waals surface area contributed by atoms with E-state index in [-0.39, 0.29) is 5.56 Å². The molecule has 5 heteroatoms. The first kappa shape index (κ1) is 12.8. The zero-order valence-corrected chi connectivity index (χ0v) is 10.6. The van der Waals surface area contributed by atoms with Crippen molar-refractivity contribution in [3.05, 3.63) is 51.4 Å². The molecule has 0 spiro atoms. The van der Waals surface area contributed by atoms with E-state index in [4.69, 9.17) is 17.3 Å². The first-order valence-corrected chi connectivity index (χ1v) is 6.13. The van der Waals surface area contributed by atoms with Crippen molar-refractivity contribution in [3.63, 3.8) is 0 Å². The lowest BCUT2D eigenvalue weighted by atomic mass is 10.2. The fourth-order valence-electron chi connectivity index (χ4n) is 1.66. The van der Waals surface area contributed by atoms with Crippen molar-refractivity contribution in [1.82, 2.24) is 9.97 Å². The number of nitrogens with zero attached hydrogens (tertiary/aromatic N) is 1. The molecule has 94 valence electrons. The molecule has 0 fully saturated rings. The number of aromatic nitrogens is 2. The third kappa shape index (κ3) is 3.18. The minimum Gasteiger partial charge on any atom is -0.330 e. The van der Waals surface area contributed by atoms with Gasteiger partial charge < -0.3 is 10.7 Å². The standard InChI is InChI=1S/C13H14ClN3O/c14-10-5-3-9(4-6-10)13-16-11(2-1-7-15)8-12(18)17-13/h3-6,8H,1-2,7,15H2,(H,16,17,18). The molecule has 0 saturated carbocycles. The molecule has 4 nitrogen and oxygen atoms in total. The van der Waals surface area contributed by atoms with Gasteiger partial charge in [0.25, 0.3) is 5.56 Å². The van der Waals surface area contributed by atoms with Crippen LogP contribution in [-0.4, -0.2) is 16.5 Å². The summed E-state index contributed by atoms with van der Waals surface area (Å²) in [6.45, 7) is 0.588. The van der Waals surface area contributed by atoms with E-state index in [1.54, 1.807) is 12.1 Å². The van der Waals surface area contributed by atoms with E-state index in [0.29, 0.717) is 23.8 Å². The fraction of sp³-hybridized carbons (Fsp3) is 0.231. The monoisotopic (exact) mass is 263 g/mol. The van der Waals surface area contributed by atoms with Crippen molar-refractivity contribution < 1.29 is 0 Å². The summed E-state index contributed by atoms with van der Waals surface area (Å²) in [5.74, 6) is 0.561. The van der Waals surface area contributed by atoms with Gasteiger partial charge in [0.2, 0.25) is 0 Å². The number of aromatic amines is 1. The van der Waals surface area contributed by atoms with Crippen molar-refractivity contribution in [3.8, 4) is 11.4 Å². The average Bonchev–Trinajstić information content (AvgIpc) is 2.36. The number of hydrogen-bond acceptors (Lipinski definition) is 3. The summed E-state index contributed by atoms with van der Waals surface area (Å²) in [6, 6.07) is 8.70. The Hall–Kier alpha value is -1.65. The van der Waals surface area contributed by atoms with E-state index < -0.39 is 0 Å². The summed E-state index contributed by atoms with van der Waals surface area (Å²) in [7, 11) is 0. The summed E-state index contributed by atoms with van der Waals surface area (Å²) in [5.41, 5.74) is 6.90. The molecule has 0 saturated heterocycles. The number of rotatable bonds is 4. The number of hydrogen-bond donors (Lipinski definition) is 2. The second-order valence-corrected chi connectivity index (χ2v) is 4.42. The number of nitrogens with one attached hydrogen (secondary N) is 1. The zero-order valence-electron chi connectivity index (χ0n) is 9.82. The maximum Gasteiger partial charge on any atom is 0.251 e. The van der Waals surface area contributed by atoms with Gasteiger partial charge in [0.1, 0.15) is 5.82 Å². The van der Waals surface area contributed by atoms with Crippen molar-refractivity contribution in [2.45, 2.75) is 12.8 Å². The number of aryl methyl sites for hydroxylation is 1. The molecular formula is C13H14ClN3O. The third-order valence-corrected chi connectivity index (χ3v) is 2.80. The fourth-order valence-corrected chi connectivity index (χ4v) is 1.79. The molecule has 0 unspecified atom stereocenters. The highest BCUT2D eigenvalue weighted by Gasteiger charge is 2.04. The van der Waals surface area contributed by atoms with Crippen LogP contribution in [0.2, 0.25) is 5.02 Å². The molecular weight excluding hydrogens is 250 g/mol. The quantitative estimate of drug-likeness (QED) is 0.886. The van der Waals surface area contributed by atoms with Crippen LogP contribution < -0.4 is 11.3 Å². The molecule has 0 radical (unpaired) electrons. The molecule has 2 rings (SSSR count). The molecule has 0 bridgehead atoms. The summed E-state index contributed by atoms with van der Waals surface area (Å²) < 4.78 is 0. The van der Waals surface area contributed by atoms with Crippen LogP contribution in [0.15, 0.2) is 35.1 Å². The van der Waals surface area contributed by atoms with E-state index >= 15 is 0 Å². The maximum atomic E-state index is 11.6. The van der Waals surface area contributed by atoms with Crippen LogP contribution in [0.25, 0.3) is 11.4 Å². The smallest absolute Gasteiger partial charge is 0.251 e. The largest absolute Gasteiger partial charge is 0.330 e. The Kier molecular flexibility index (Phi) is 4.12.